The van der Waals surface area contributed by atoms with Gasteiger partial charge in [-0.25, -0.2) is 9.18 Å². The van der Waals surface area contributed by atoms with Crippen LogP contribution >= 0.6 is 34.2 Å². The van der Waals surface area contributed by atoms with Gasteiger partial charge >= 0.3 is 6.03 Å². The highest BCUT2D eigenvalue weighted by atomic mass is 127. The van der Waals surface area contributed by atoms with Crippen LogP contribution in [0, 0.1) is 21.2 Å². The zero-order chi connectivity index (χ0) is 39.9. The van der Waals surface area contributed by atoms with Crippen LogP contribution in [0.4, 0.5) is 9.18 Å². The zero-order valence-corrected chi connectivity index (χ0v) is 36.0. The van der Waals surface area contributed by atoms with Crippen molar-refractivity contribution in [1.82, 2.24) is 20.1 Å². The van der Waals surface area contributed by atoms with Crippen LogP contribution in [0.15, 0.2) is 89.0 Å². The predicted octanol–water partition coefficient (Wildman–Crippen LogP) is 10.3. The molecular weight excluding hydrogens is 828 g/mol. The van der Waals surface area contributed by atoms with E-state index in [0.717, 1.165) is 14.8 Å². The van der Waals surface area contributed by atoms with Crippen molar-refractivity contribution in [3.63, 3.8) is 0 Å². The van der Waals surface area contributed by atoms with Gasteiger partial charge < -0.3 is 15.0 Å². The summed E-state index contributed by atoms with van der Waals surface area (Å²) in [5, 5.41) is 3.66. The standard InChI is InChI=1S/C44H54ClFIN5O3/c1-8-55-38-26-39(43(3,4)5)48-27-36(38)41(50-44(6,7)32-15-17-33(45)18-16-32)52(28-31-13-19-34(47)20-14-31)42(54)51-23-21-30(22-24-51)25-40(53)49-29(2)35-11-9-10-12-37(35)46/h9-15,17-20,26-27,29-30,32H,8,16,21-25,28H2,1-7H3,(H,49,53)/b50-41-/t29-,32?/m0/s1. The average Bonchev–Trinajstić information content (AvgIpc) is 3.14. The van der Waals surface area contributed by atoms with Crippen molar-refractivity contribution in [3.05, 3.63) is 116 Å². The molecule has 1 fully saturated rings. The Hall–Kier alpha value is -3.77. The fourth-order valence-electron chi connectivity index (χ4n) is 7.00. The van der Waals surface area contributed by atoms with Crippen molar-refractivity contribution in [2.24, 2.45) is 16.8 Å². The van der Waals surface area contributed by atoms with E-state index >= 15 is 4.79 Å². The van der Waals surface area contributed by atoms with Crippen LogP contribution in [0.5, 0.6) is 5.75 Å². The molecule has 0 radical (unpaired) electrons. The number of allylic oxidation sites excluding steroid dienone is 3. The molecule has 1 N–H and O–H groups in total. The van der Waals surface area contributed by atoms with Crippen molar-refractivity contribution >= 4 is 52.0 Å². The van der Waals surface area contributed by atoms with Gasteiger partial charge in [-0.1, -0.05) is 74.9 Å². The molecule has 55 heavy (non-hydrogen) atoms. The Labute approximate surface area is 344 Å². The monoisotopic (exact) mass is 881 g/mol. The summed E-state index contributed by atoms with van der Waals surface area (Å²) >= 11 is 8.62. The SMILES string of the molecule is CCOc1cc(C(C)(C)C)ncc1/C(=N/C(C)(C)C1C=CC(Cl)=CC1)N(Cc1ccc(I)cc1)C(=O)N1CCC(CC(=O)N[C@@H](C)c2ccccc2F)CC1. The third-order valence-corrected chi connectivity index (χ3v) is 11.4. The van der Waals surface area contributed by atoms with Gasteiger partial charge in [-0.15, -0.1) is 0 Å². The Balaban J connectivity index is 1.47. The molecule has 5 rings (SSSR count). The maximum absolute atomic E-state index is 15.0. The van der Waals surface area contributed by atoms with E-state index in [4.69, 9.17) is 26.3 Å². The van der Waals surface area contributed by atoms with Crippen molar-refractivity contribution in [2.45, 2.75) is 97.7 Å². The summed E-state index contributed by atoms with van der Waals surface area (Å²) in [5.41, 5.74) is 2.06. The number of carbonyl (C=O) groups excluding carboxylic acids is 2. The maximum atomic E-state index is 15.0. The number of ether oxygens (including phenoxy) is 1. The molecule has 2 atom stereocenters. The van der Waals surface area contributed by atoms with E-state index in [2.05, 4.69) is 68.6 Å². The van der Waals surface area contributed by atoms with Crippen LogP contribution in [0.2, 0.25) is 0 Å². The topological polar surface area (TPSA) is 87.1 Å². The van der Waals surface area contributed by atoms with Gasteiger partial charge in [-0.05, 0) is 105 Å². The van der Waals surface area contributed by atoms with Crippen molar-refractivity contribution in [1.29, 1.82) is 0 Å². The number of nitrogens with one attached hydrogen (secondary N) is 1. The van der Waals surface area contributed by atoms with Crippen molar-refractivity contribution in [3.8, 4) is 5.75 Å². The van der Waals surface area contributed by atoms with Crippen LogP contribution in [0.3, 0.4) is 0 Å². The van der Waals surface area contributed by atoms with E-state index in [1.54, 1.807) is 36.2 Å². The molecule has 1 aromatic heterocycles. The smallest absolute Gasteiger partial charge is 0.325 e. The number of aliphatic imine (C=N–C) groups is 1. The first-order valence-electron chi connectivity index (χ1n) is 19.2. The van der Waals surface area contributed by atoms with E-state index in [-0.39, 0.29) is 41.6 Å². The maximum Gasteiger partial charge on any atom is 0.325 e. The van der Waals surface area contributed by atoms with Crippen molar-refractivity contribution < 1.29 is 18.7 Å². The molecule has 1 saturated heterocycles. The number of amides is 3. The normalized spacial score (nSPS) is 17.4. The first-order valence-corrected chi connectivity index (χ1v) is 20.6. The second kappa shape index (κ2) is 18.4. The van der Waals surface area contributed by atoms with E-state index in [1.807, 2.05) is 54.3 Å². The molecule has 11 heteroatoms. The molecule has 3 aromatic rings. The fraction of sp³-hybridized carbons (Fsp3) is 0.455. The third-order valence-electron chi connectivity index (χ3n) is 10.4. The van der Waals surface area contributed by atoms with E-state index < -0.39 is 11.6 Å². The highest BCUT2D eigenvalue weighted by molar-refractivity contribution is 14.1. The van der Waals surface area contributed by atoms with Crippen LogP contribution in [-0.2, 0) is 16.8 Å². The summed E-state index contributed by atoms with van der Waals surface area (Å²) in [4.78, 5) is 42.1. The van der Waals surface area contributed by atoms with Gasteiger partial charge in [0.2, 0.25) is 5.91 Å². The van der Waals surface area contributed by atoms with Crippen LogP contribution in [0.1, 0.15) is 103 Å². The summed E-state index contributed by atoms with van der Waals surface area (Å²) in [6.45, 7) is 15.9. The molecule has 0 bridgehead atoms. The quantitative estimate of drug-likeness (QED) is 0.118. The van der Waals surface area contributed by atoms with E-state index in [1.165, 1.54) is 6.07 Å². The number of amidine groups is 1. The summed E-state index contributed by atoms with van der Waals surface area (Å²) in [6, 6.07) is 16.0. The molecular formula is C44H54ClFIN5O3. The molecule has 2 aromatic carbocycles. The van der Waals surface area contributed by atoms with E-state index in [9.17, 15) is 9.18 Å². The summed E-state index contributed by atoms with van der Waals surface area (Å²) < 4.78 is 21.8. The van der Waals surface area contributed by atoms with Gasteiger partial charge in [0.05, 0.1) is 30.3 Å². The number of nitrogens with zero attached hydrogens (tertiary/aromatic N) is 4. The number of rotatable bonds is 11. The van der Waals surface area contributed by atoms with Crippen molar-refractivity contribution in [2.75, 3.05) is 19.7 Å². The number of hydrogen-bond donors (Lipinski definition) is 1. The minimum atomic E-state index is -0.642. The highest BCUT2D eigenvalue weighted by Crippen LogP contribution is 2.35. The zero-order valence-electron chi connectivity index (χ0n) is 33.0. The Kier molecular flexibility index (Phi) is 14.2. The first kappa shape index (κ1) is 42.4. The minimum absolute atomic E-state index is 0.0283. The molecule has 8 nitrogen and oxygen atoms in total. The number of carbonyl (C=O) groups is 2. The number of piperidine rings is 1. The third kappa shape index (κ3) is 11.2. The van der Waals surface area contributed by atoms with Gasteiger partial charge in [0, 0.05) is 63.0 Å². The molecule has 0 saturated carbocycles. The van der Waals surface area contributed by atoms with E-state index in [0.29, 0.717) is 73.1 Å². The first-order chi connectivity index (χ1) is 26.0. The molecule has 2 heterocycles. The number of benzene rings is 2. The number of hydrogen-bond acceptors (Lipinski definition) is 5. The number of halogens is 3. The molecule has 2 aliphatic rings. The lowest BCUT2D eigenvalue weighted by Crippen LogP contribution is -2.50. The summed E-state index contributed by atoms with van der Waals surface area (Å²) in [6.07, 6.45) is 10.2. The molecule has 1 unspecified atom stereocenters. The van der Waals surface area contributed by atoms with Crippen LogP contribution < -0.4 is 10.1 Å². The Morgan fingerprint density at radius 2 is 1.80 bits per heavy atom. The van der Waals surface area contributed by atoms with Crippen LogP contribution in [0.25, 0.3) is 0 Å². The minimum Gasteiger partial charge on any atom is -0.493 e. The van der Waals surface area contributed by atoms with Gasteiger partial charge in [-0.2, -0.15) is 0 Å². The summed E-state index contributed by atoms with van der Waals surface area (Å²) in [7, 11) is 0. The van der Waals surface area contributed by atoms with Gasteiger partial charge in [0.1, 0.15) is 17.4 Å². The molecule has 0 spiro atoms. The predicted molar refractivity (Wildman–Crippen MR) is 228 cm³/mol. The lowest BCUT2D eigenvalue weighted by molar-refractivity contribution is -0.123. The molecule has 3 amide bonds. The van der Waals surface area contributed by atoms with Crippen LogP contribution in [-0.4, -0.2) is 57.8 Å². The number of urea groups is 1. The number of pyridine rings is 1. The van der Waals surface area contributed by atoms with Gasteiger partial charge in [0.25, 0.3) is 0 Å². The Morgan fingerprint density at radius 3 is 2.42 bits per heavy atom. The second-order valence-corrected chi connectivity index (χ2v) is 17.8. The molecule has 1 aliphatic carbocycles. The number of aromatic nitrogens is 1. The summed E-state index contributed by atoms with van der Waals surface area (Å²) in [5.74, 6) is 0.761. The largest absolute Gasteiger partial charge is 0.493 e. The Morgan fingerprint density at radius 1 is 1.11 bits per heavy atom. The van der Waals surface area contributed by atoms with Gasteiger partial charge in [-0.3, -0.25) is 19.7 Å². The molecule has 1 aliphatic heterocycles. The number of likely N-dealkylation sites (tertiary alicyclic amines) is 1. The van der Waals surface area contributed by atoms with Gasteiger partial charge in [0.15, 0.2) is 0 Å². The lowest BCUT2D eigenvalue weighted by atomic mass is 9.83. The highest BCUT2D eigenvalue weighted by Gasteiger charge is 2.36. The second-order valence-electron chi connectivity index (χ2n) is 16.1. The Bertz CT molecular complexity index is 1910. The average molecular weight is 882 g/mol. The fourth-order valence-corrected chi connectivity index (χ4v) is 7.52. The lowest BCUT2D eigenvalue weighted by Gasteiger charge is -2.38. The molecule has 294 valence electrons.